The Morgan fingerprint density at radius 3 is 2.63 bits per heavy atom. The normalized spacial score (nSPS) is 14.1. The molecule has 4 heteroatoms. The zero-order chi connectivity index (χ0) is 13.7. The van der Waals surface area contributed by atoms with E-state index in [2.05, 4.69) is 10.3 Å². The minimum absolute atomic E-state index is 0.00243. The predicted octanol–water partition coefficient (Wildman–Crippen LogP) is 2.60. The van der Waals surface area contributed by atoms with Gasteiger partial charge in [-0.1, -0.05) is 24.3 Å². The molecule has 2 rings (SSSR count). The fraction of sp³-hybridized carbons (Fsp3) is 0.267. The molecule has 1 aromatic heterocycles. The zero-order valence-electron chi connectivity index (χ0n) is 10.8. The van der Waals surface area contributed by atoms with Crippen LogP contribution in [0.3, 0.4) is 0 Å². The van der Waals surface area contributed by atoms with E-state index in [1.165, 1.54) is 6.07 Å². The lowest BCUT2D eigenvalue weighted by Gasteiger charge is -2.17. The molecule has 100 valence electrons. The van der Waals surface area contributed by atoms with Crippen molar-refractivity contribution < 1.29 is 9.50 Å². The Hall–Kier alpha value is -1.78. The van der Waals surface area contributed by atoms with E-state index in [1.807, 2.05) is 25.1 Å². The number of rotatable bonds is 5. The number of hydrogen-bond donors (Lipinski definition) is 2. The molecule has 3 nitrogen and oxygen atoms in total. The summed E-state index contributed by atoms with van der Waals surface area (Å²) in [6, 6.07) is 11.9. The van der Waals surface area contributed by atoms with Crippen LogP contribution in [0.5, 0.6) is 0 Å². The lowest BCUT2D eigenvalue weighted by atomic mass is 10.1. The van der Waals surface area contributed by atoms with E-state index < -0.39 is 6.10 Å². The molecule has 0 aliphatic heterocycles. The molecule has 1 aromatic carbocycles. The highest BCUT2D eigenvalue weighted by Gasteiger charge is 2.14. The highest BCUT2D eigenvalue weighted by molar-refractivity contribution is 5.20. The van der Waals surface area contributed by atoms with Crippen LogP contribution in [0.1, 0.15) is 30.3 Å². The van der Waals surface area contributed by atoms with E-state index in [9.17, 15) is 9.50 Å². The molecular formula is C15H17FN2O. The summed E-state index contributed by atoms with van der Waals surface area (Å²) in [6.07, 6.45) is 0.855. The van der Waals surface area contributed by atoms with E-state index >= 15 is 0 Å². The number of halogens is 1. The molecule has 0 spiro atoms. The molecule has 0 fully saturated rings. The Morgan fingerprint density at radius 2 is 1.95 bits per heavy atom. The van der Waals surface area contributed by atoms with Gasteiger partial charge in [-0.05, 0) is 25.1 Å². The maximum atomic E-state index is 13.5. The van der Waals surface area contributed by atoms with Gasteiger partial charge in [-0.3, -0.25) is 4.98 Å². The molecule has 1 unspecified atom stereocenters. The van der Waals surface area contributed by atoms with Crippen LogP contribution in [-0.2, 0) is 0 Å². The monoisotopic (exact) mass is 260 g/mol. The summed E-state index contributed by atoms with van der Waals surface area (Å²) >= 11 is 0. The van der Waals surface area contributed by atoms with Crippen LogP contribution in [0.25, 0.3) is 0 Å². The first-order chi connectivity index (χ1) is 9.18. The number of pyridine rings is 1. The van der Waals surface area contributed by atoms with Crippen LogP contribution < -0.4 is 5.32 Å². The molecule has 0 bridgehead atoms. The first-order valence-electron chi connectivity index (χ1n) is 6.25. The van der Waals surface area contributed by atoms with Crippen molar-refractivity contribution in [3.05, 3.63) is 65.7 Å². The van der Waals surface area contributed by atoms with Crippen molar-refractivity contribution in [3.63, 3.8) is 0 Å². The molecule has 0 aliphatic carbocycles. The van der Waals surface area contributed by atoms with Crippen molar-refractivity contribution in [2.45, 2.75) is 19.1 Å². The van der Waals surface area contributed by atoms with Crippen molar-refractivity contribution in [2.75, 3.05) is 6.54 Å². The zero-order valence-corrected chi connectivity index (χ0v) is 10.8. The van der Waals surface area contributed by atoms with E-state index in [-0.39, 0.29) is 18.4 Å². The van der Waals surface area contributed by atoms with Crippen molar-refractivity contribution in [2.24, 2.45) is 0 Å². The molecule has 1 heterocycles. The summed E-state index contributed by atoms with van der Waals surface area (Å²) in [4.78, 5) is 4.23. The number of aliphatic hydroxyl groups is 1. The molecule has 0 saturated carbocycles. The average molecular weight is 260 g/mol. The fourth-order valence-electron chi connectivity index (χ4n) is 1.88. The van der Waals surface area contributed by atoms with Crippen LogP contribution in [0.15, 0.2) is 48.7 Å². The second kappa shape index (κ2) is 6.41. The second-order valence-electron chi connectivity index (χ2n) is 4.42. The first kappa shape index (κ1) is 13.6. The Bertz CT molecular complexity index is 519. The minimum Gasteiger partial charge on any atom is -0.387 e. The number of nitrogens with one attached hydrogen (secondary N) is 1. The van der Waals surface area contributed by atoms with Gasteiger partial charge >= 0.3 is 0 Å². The number of benzene rings is 1. The van der Waals surface area contributed by atoms with Gasteiger partial charge in [-0.25, -0.2) is 4.39 Å². The summed E-state index contributed by atoms with van der Waals surface area (Å²) in [7, 11) is 0. The first-order valence-corrected chi connectivity index (χ1v) is 6.25. The van der Waals surface area contributed by atoms with E-state index in [1.54, 1.807) is 24.4 Å². The van der Waals surface area contributed by atoms with E-state index in [4.69, 9.17) is 0 Å². The molecule has 2 aromatic rings. The predicted molar refractivity (Wildman–Crippen MR) is 72.0 cm³/mol. The minimum atomic E-state index is -0.868. The summed E-state index contributed by atoms with van der Waals surface area (Å²) in [5.41, 5.74) is 1.20. The quantitative estimate of drug-likeness (QED) is 0.868. The Labute approximate surface area is 112 Å². The van der Waals surface area contributed by atoms with Crippen LogP contribution in [0.4, 0.5) is 4.39 Å². The maximum absolute atomic E-state index is 13.5. The summed E-state index contributed by atoms with van der Waals surface area (Å²) in [5.74, 6) is -0.387. The van der Waals surface area contributed by atoms with Crippen molar-refractivity contribution in [1.82, 2.24) is 10.3 Å². The van der Waals surface area contributed by atoms with Gasteiger partial charge in [0.15, 0.2) is 0 Å². The van der Waals surface area contributed by atoms with Gasteiger partial charge < -0.3 is 10.4 Å². The molecular weight excluding hydrogens is 243 g/mol. The van der Waals surface area contributed by atoms with Crippen molar-refractivity contribution >= 4 is 0 Å². The molecule has 0 amide bonds. The smallest absolute Gasteiger partial charge is 0.129 e. The van der Waals surface area contributed by atoms with Crippen LogP contribution in [0, 0.1) is 5.82 Å². The molecule has 0 aliphatic rings. The molecule has 2 N–H and O–H groups in total. The lowest BCUT2D eigenvalue weighted by Crippen LogP contribution is -2.25. The van der Waals surface area contributed by atoms with Gasteiger partial charge in [0.1, 0.15) is 5.82 Å². The molecule has 19 heavy (non-hydrogen) atoms. The Kier molecular flexibility index (Phi) is 4.60. The highest BCUT2D eigenvalue weighted by Crippen LogP contribution is 2.17. The standard InChI is InChI=1S/C15H17FN2O/c1-11(14-8-4-5-9-17-14)18-10-15(19)12-6-2-3-7-13(12)16/h2-9,11,15,18-19H,10H2,1H3/t11-,15?/m0/s1. The van der Waals surface area contributed by atoms with Gasteiger partial charge in [-0.2, -0.15) is 0 Å². The topological polar surface area (TPSA) is 45.1 Å². The van der Waals surface area contributed by atoms with Gasteiger partial charge in [-0.15, -0.1) is 0 Å². The second-order valence-corrected chi connectivity index (χ2v) is 4.42. The molecule has 0 radical (unpaired) electrons. The summed E-state index contributed by atoms with van der Waals surface area (Å²) < 4.78 is 13.5. The van der Waals surface area contributed by atoms with Gasteiger partial charge in [0.05, 0.1) is 11.8 Å². The van der Waals surface area contributed by atoms with Crippen LogP contribution in [0.2, 0.25) is 0 Å². The largest absolute Gasteiger partial charge is 0.387 e. The van der Waals surface area contributed by atoms with Crippen LogP contribution in [-0.4, -0.2) is 16.6 Å². The fourth-order valence-corrected chi connectivity index (χ4v) is 1.88. The Balaban J connectivity index is 1.94. The van der Waals surface area contributed by atoms with Gasteiger partial charge in [0.25, 0.3) is 0 Å². The number of aliphatic hydroxyl groups excluding tert-OH is 1. The number of aromatic nitrogens is 1. The SMILES string of the molecule is C[C@H](NCC(O)c1ccccc1F)c1ccccn1. The average Bonchev–Trinajstić information content (AvgIpc) is 2.46. The van der Waals surface area contributed by atoms with Gasteiger partial charge in [0.2, 0.25) is 0 Å². The molecule has 0 saturated heterocycles. The third kappa shape index (κ3) is 3.59. The summed E-state index contributed by atoms with van der Waals surface area (Å²) in [5, 5.41) is 13.1. The van der Waals surface area contributed by atoms with E-state index in [0.717, 1.165) is 5.69 Å². The lowest BCUT2D eigenvalue weighted by molar-refractivity contribution is 0.166. The summed E-state index contributed by atoms with van der Waals surface area (Å²) in [6.45, 7) is 2.23. The number of hydrogen-bond acceptors (Lipinski definition) is 3. The third-order valence-electron chi connectivity index (χ3n) is 3.01. The molecule has 2 atom stereocenters. The third-order valence-corrected chi connectivity index (χ3v) is 3.01. The highest BCUT2D eigenvalue weighted by atomic mass is 19.1. The van der Waals surface area contributed by atoms with Crippen molar-refractivity contribution in [1.29, 1.82) is 0 Å². The van der Waals surface area contributed by atoms with E-state index in [0.29, 0.717) is 5.56 Å². The number of nitrogens with zero attached hydrogens (tertiary/aromatic N) is 1. The van der Waals surface area contributed by atoms with Gasteiger partial charge in [0, 0.05) is 24.3 Å². The maximum Gasteiger partial charge on any atom is 0.129 e. The van der Waals surface area contributed by atoms with Crippen LogP contribution >= 0.6 is 0 Å². The Morgan fingerprint density at radius 1 is 1.21 bits per heavy atom. The van der Waals surface area contributed by atoms with Crippen molar-refractivity contribution in [3.8, 4) is 0 Å².